The smallest absolute Gasteiger partial charge is 0.338 e. The summed E-state index contributed by atoms with van der Waals surface area (Å²) >= 11 is 0. The Morgan fingerprint density at radius 2 is 1.82 bits per heavy atom. The van der Waals surface area contributed by atoms with Crippen molar-refractivity contribution in [2.45, 2.75) is 45.8 Å². The van der Waals surface area contributed by atoms with Crippen LogP contribution in [0.2, 0.25) is 0 Å². The van der Waals surface area contributed by atoms with Crippen molar-refractivity contribution in [3.05, 3.63) is 66.4 Å². The first-order valence-corrected chi connectivity index (χ1v) is 11.1. The quantitative estimate of drug-likeness (QED) is 0.383. The van der Waals surface area contributed by atoms with Crippen LogP contribution >= 0.6 is 0 Å². The molecule has 1 heterocycles. The van der Waals surface area contributed by atoms with Gasteiger partial charge in [0.25, 0.3) is 0 Å². The number of benzene rings is 2. The molecule has 0 saturated heterocycles. The molecule has 0 unspecified atom stereocenters. The van der Waals surface area contributed by atoms with Crippen molar-refractivity contribution < 1.29 is 23.4 Å². The third kappa shape index (κ3) is 6.06. The third-order valence-corrected chi connectivity index (χ3v) is 5.24. The molecule has 1 aliphatic carbocycles. The summed E-state index contributed by atoms with van der Waals surface area (Å²) in [6.07, 6.45) is 5.53. The molecule has 0 amide bonds. The maximum absolute atomic E-state index is 12.4. The van der Waals surface area contributed by atoms with Gasteiger partial charge >= 0.3 is 5.97 Å². The minimum atomic E-state index is -0.548. The van der Waals surface area contributed by atoms with Crippen LogP contribution < -0.4 is 14.4 Å². The Morgan fingerprint density at radius 3 is 2.42 bits per heavy atom. The van der Waals surface area contributed by atoms with Crippen molar-refractivity contribution in [1.82, 2.24) is 4.98 Å². The van der Waals surface area contributed by atoms with E-state index in [0.29, 0.717) is 41.9 Å². The van der Waals surface area contributed by atoms with Crippen LogP contribution in [-0.2, 0) is 11.3 Å². The summed E-state index contributed by atoms with van der Waals surface area (Å²) < 4.78 is 22.5. The molecule has 2 aromatic carbocycles. The number of aromatic nitrogens is 1. The van der Waals surface area contributed by atoms with Gasteiger partial charge in [-0.25, -0.2) is 9.78 Å². The fraction of sp³-hybridized carbons (Fsp3) is 0.385. The molecule has 0 bridgehead atoms. The number of anilines is 2. The second kappa shape index (κ2) is 9.57. The number of ether oxygens (including phenoxy) is 3. The minimum Gasteiger partial charge on any atom is -0.493 e. The van der Waals surface area contributed by atoms with E-state index < -0.39 is 5.60 Å². The van der Waals surface area contributed by atoms with Crippen LogP contribution in [0.25, 0.3) is 0 Å². The Bertz CT molecular complexity index is 1070. The van der Waals surface area contributed by atoms with Crippen molar-refractivity contribution in [3.8, 4) is 11.5 Å². The van der Waals surface area contributed by atoms with E-state index >= 15 is 0 Å². The van der Waals surface area contributed by atoms with E-state index in [4.69, 9.17) is 18.6 Å². The Kier molecular flexibility index (Phi) is 6.58. The largest absolute Gasteiger partial charge is 0.493 e. The predicted molar refractivity (Wildman–Crippen MR) is 125 cm³/mol. The molecule has 7 nitrogen and oxygen atoms in total. The number of esters is 1. The highest BCUT2D eigenvalue weighted by Gasteiger charge is 2.23. The predicted octanol–water partition coefficient (Wildman–Crippen LogP) is 5.77. The second-order valence-corrected chi connectivity index (χ2v) is 9.19. The molecule has 1 aliphatic rings. The topological polar surface area (TPSA) is 74.0 Å². The van der Waals surface area contributed by atoms with Gasteiger partial charge in [-0.3, -0.25) is 0 Å². The van der Waals surface area contributed by atoms with E-state index in [0.717, 1.165) is 11.4 Å². The third-order valence-electron chi connectivity index (χ3n) is 5.24. The van der Waals surface area contributed by atoms with Crippen molar-refractivity contribution in [2.24, 2.45) is 5.92 Å². The number of methoxy groups -OCH3 is 1. The molecule has 0 atom stereocenters. The summed E-state index contributed by atoms with van der Waals surface area (Å²) in [6.45, 7) is 6.70. The van der Waals surface area contributed by atoms with Crippen molar-refractivity contribution in [2.75, 3.05) is 18.6 Å². The molecule has 0 spiro atoms. The molecule has 1 fully saturated rings. The normalized spacial score (nSPS) is 13.5. The van der Waals surface area contributed by atoms with Gasteiger partial charge in [0.05, 0.1) is 32.0 Å². The second-order valence-electron chi connectivity index (χ2n) is 9.19. The van der Waals surface area contributed by atoms with Gasteiger partial charge in [-0.1, -0.05) is 0 Å². The van der Waals surface area contributed by atoms with Gasteiger partial charge in [-0.05, 0) is 75.9 Å². The molecule has 33 heavy (non-hydrogen) atoms. The summed E-state index contributed by atoms with van der Waals surface area (Å²) in [5, 5.41) is 0. The van der Waals surface area contributed by atoms with Crippen LogP contribution in [0.1, 0.15) is 49.7 Å². The van der Waals surface area contributed by atoms with Crippen LogP contribution in [0.15, 0.2) is 59.5 Å². The molecule has 4 rings (SSSR count). The average Bonchev–Trinajstić information content (AvgIpc) is 3.48. The van der Waals surface area contributed by atoms with Gasteiger partial charge in [-0.2, -0.15) is 0 Å². The highest BCUT2D eigenvalue weighted by molar-refractivity contribution is 5.90. The lowest BCUT2D eigenvalue weighted by Crippen LogP contribution is -2.24. The zero-order valence-electron chi connectivity index (χ0n) is 19.5. The zero-order valence-corrected chi connectivity index (χ0v) is 19.5. The highest BCUT2D eigenvalue weighted by Crippen LogP contribution is 2.37. The standard InChI is InChI=1S/C26H30N2O5/c1-26(2,3)33-25(29)19-7-9-20(10-8-19)28(15-22-14-27-17-32-22)21-11-12-23(30-4)24(13-21)31-16-18-5-6-18/h7-14,17-18H,5-6,15-16H2,1-4H3. The minimum absolute atomic E-state index is 0.351. The fourth-order valence-electron chi connectivity index (χ4n) is 3.36. The summed E-state index contributed by atoms with van der Waals surface area (Å²) in [5.74, 6) is 2.39. The molecule has 0 aliphatic heterocycles. The van der Waals surface area contributed by atoms with Crippen LogP contribution in [0.3, 0.4) is 0 Å². The molecular weight excluding hydrogens is 420 g/mol. The molecule has 0 N–H and O–H groups in total. The number of hydrogen-bond donors (Lipinski definition) is 0. The number of nitrogens with zero attached hydrogens (tertiary/aromatic N) is 2. The zero-order chi connectivity index (χ0) is 23.4. The first kappa shape index (κ1) is 22.7. The lowest BCUT2D eigenvalue weighted by atomic mass is 10.1. The number of carbonyl (C=O) groups is 1. The van der Waals surface area contributed by atoms with Crippen molar-refractivity contribution in [3.63, 3.8) is 0 Å². The molecule has 1 saturated carbocycles. The highest BCUT2D eigenvalue weighted by atomic mass is 16.6. The van der Waals surface area contributed by atoms with Gasteiger partial charge in [-0.15, -0.1) is 0 Å². The molecule has 7 heteroatoms. The van der Waals surface area contributed by atoms with Crippen LogP contribution in [-0.4, -0.2) is 30.3 Å². The summed E-state index contributed by atoms with van der Waals surface area (Å²) in [4.78, 5) is 18.5. The maximum atomic E-state index is 12.4. The van der Waals surface area contributed by atoms with E-state index in [-0.39, 0.29) is 5.97 Å². The van der Waals surface area contributed by atoms with Crippen molar-refractivity contribution in [1.29, 1.82) is 0 Å². The van der Waals surface area contributed by atoms with E-state index in [1.54, 1.807) is 25.4 Å². The summed E-state index contributed by atoms with van der Waals surface area (Å²) in [7, 11) is 1.64. The Balaban J connectivity index is 1.62. The van der Waals surface area contributed by atoms with Gasteiger partial charge in [0.2, 0.25) is 0 Å². The van der Waals surface area contributed by atoms with E-state index in [1.807, 2.05) is 51.1 Å². The average molecular weight is 451 g/mol. The maximum Gasteiger partial charge on any atom is 0.338 e. The van der Waals surface area contributed by atoms with Crippen LogP contribution in [0.4, 0.5) is 11.4 Å². The Hall–Kier alpha value is -3.48. The van der Waals surface area contributed by atoms with E-state index in [9.17, 15) is 4.79 Å². The number of carbonyl (C=O) groups excluding carboxylic acids is 1. The first-order chi connectivity index (χ1) is 15.8. The molecule has 0 radical (unpaired) electrons. The lowest BCUT2D eigenvalue weighted by Gasteiger charge is -2.25. The Morgan fingerprint density at radius 1 is 1.09 bits per heavy atom. The molecular formula is C26H30N2O5. The van der Waals surface area contributed by atoms with Gasteiger partial charge < -0.3 is 23.5 Å². The summed E-state index contributed by atoms with van der Waals surface area (Å²) in [6, 6.07) is 13.2. The number of rotatable bonds is 9. The molecule has 174 valence electrons. The fourth-order valence-corrected chi connectivity index (χ4v) is 3.36. The van der Waals surface area contributed by atoms with E-state index in [2.05, 4.69) is 9.88 Å². The number of oxazole rings is 1. The Labute approximate surface area is 194 Å². The van der Waals surface area contributed by atoms with E-state index in [1.165, 1.54) is 19.2 Å². The van der Waals surface area contributed by atoms with Crippen LogP contribution in [0.5, 0.6) is 11.5 Å². The van der Waals surface area contributed by atoms with Gasteiger partial charge in [0.15, 0.2) is 17.9 Å². The monoisotopic (exact) mass is 450 g/mol. The summed E-state index contributed by atoms with van der Waals surface area (Å²) in [5.41, 5.74) is 1.74. The number of hydrogen-bond acceptors (Lipinski definition) is 7. The molecule has 1 aromatic heterocycles. The molecule has 3 aromatic rings. The van der Waals surface area contributed by atoms with Gasteiger partial charge in [0, 0.05) is 17.4 Å². The first-order valence-electron chi connectivity index (χ1n) is 11.1. The van der Waals surface area contributed by atoms with Gasteiger partial charge in [0.1, 0.15) is 11.4 Å². The van der Waals surface area contributed by atoms with Crippen molar-refractivity contribution >= 4 is 17.3 Å². The lowest BCUT2D eigenvalue weighted by molar-refractivity contribution is 0.00695. The SMILES string of the molecule is COc1ccc(N(Cc2cnco2)c2ccc(C(=O)OC(C)(C)C)cc2)cc1OCC1CC1. The van der Waals surface area contributed by atoms with Crippen LogP contribution in [0, 0.1) is 5.92 Å².